The van der Waals surface area contributed by atoms with Crippen molar-refractivity contribution in [2.75, 3.05) is 0 Å². The molecular weight excluding hydrogens is 313 g/mol. The molecule has 0 saturated heterocycles. The van der Waals surface area contributed by atoms with E-state index in [1.807, 2.05) is 39.8 Å². The van der Waals surface area contributed by atoms with Crippen LogP contribution in [0.3, 0.4) is 0 Å². The molecule has 0 bridgehead atoms. The zero-order valence-electron chi connectivity index (χ0n) is 13.3. The summed E-state index contributed by atoms with van der Waals surface area (Å²) in [7, 11) is 0. The third kappa shape index (κ3) is 3.13. The second kappa shape index (κ2) is 5.78. The Morgan fingerprint density at radius 1 is 1.04 bits per heavy atom. The van der Waals surface area contributed by atoms with Crippen molar-refractivity contribution < 1.29 is 8.96 Å². The Morgan fingerprint density at radius 2 is 1.70 bits per heavy atom. The van der Waals surface area contributed by atoms with E-state index < -0.39 is 0 Å². The minimum absolute atomic E-state index is 0.179. The van der Waals surface area contributed by atoms with Gasteiger partial charge >= 0.3 is 5.82 Å². The summed E-state index contributed by atoms with van der Waals surface area (Å²) in [6, 6.07) is 13.9. The van der Waals surface area contributed by atoms with Gasteiger partial charge in [0.2, 0.25) is 6.33 Å². The van der Waals surface area contributed by atoms with Gasteiger partial charge in [0, 0.05) is 5.10 Å². The lowest BCUT2D eigenvalue weighted by Crippen LogP contribution is -2.32. The lowest BCUT2D eigenvalue weighted by molar-refractivity contribution is -0.585. The fourth-order valence-electron chi connectivity index (χ4n) is 2.28. The molecule has 0 atom stereocenters. The number of halogens is 2. The summed E-state index contributed by atoms with van der Waals surface area (Å²) < 4.78 is 17.0. The molecule has 3 aromatic rings. The molecule has 5 heteroatoms. The van der Waals surface area contributed by atoms with Crippen LogP contribution in [0.25, 0.3) is 17.1 Å². The highest BCUT2D eigenvalue weighted by Crippen LogP contribution is 2.25. The monoisotopic (exact) mass is 330 g/mol. The normalized spacial score (nSPS) is 11.7. The molecule has 0 aliphatic rings. The third-order valence-electron chi connectivity index (χ3n) is 3.56. The molecule has 3 nitrogen and oxygen atoms in total. The highest BCUT2D eigenvalue weighted by atomic mass is 35.5. The Morgan fingerprint density at radius 3 is 2.30 bits per heavy atom. The molecule has 0 aliphatic carbocycles. The van der Waals surface area contributed by atoms with Crippen LogP contribution in [0, 0.1) is 5.82 Å². The van der Waals surface area contributed by atoms with Gasteiger partial charge in [0.05, 0.1) is 10.6 Å². The Kier molecular flexibility index (Phi) is 3.94. The van der Waals surface area contributed by atoms with Gasteiger partial charge in [-0.05, 0) is 57.2 Å². The average Bonchev–Trinajstić information content (AvgIpc) is 2.93. The van der Waals surface area contributed by atoms with Gasteiger partial charge in [0.15, 0.2) is 0 Å². The highest BCUT2D eigenvalue weighted by molar-refractivity contribution is 6.33. The number of hydrogen-bond acceptors (Lipinski definition) is 1. The maximum Gasteiger partial charge on any atom is 0.315 e. The van der Waals surface area contributed by atoms with E-state index in [-0.39, 0.29) is 11.4 Å². The van der Waals surface area contributed by atoms with Gasteiger partial charge < -0.3 is 0 Å². The molecular formula is C18H18ClFN3+. The number of rotatable bonds is 2. The zero-order valence-corrected chi connectivity index (χ0v) is 14.0. The van der Waals surface area contributed by atoms with Crippen molar-refractivity contribution >= 4 is 11.6 Å². The van der Waals surface area contributed by atoms with Gasteiger partial charge in [-0.1, -0.05) is 23.7 Å². The molecule has 3 rings (SSSR count). The summed E-state index contributed by atoms with van der Waals surface area (Å²) >= 11 is 6.34. The largest absolute Gasteiger partial charge is 0.315 e. The fourth-order valence-corrected chi connectivity index (χ4v) is 2.50. The Labute approximate surface area is 140 Å². The maximum atomic E-state index is 13.2. The van der Waals surface area contributed by atoms with E-state index in [0.717, 1.165) is 17.1 Å². The van der Waals surface area contributed by atoms with Crippen molar-refractivity contribution in [2.24, 2.45) is 0 Å². The molecule has 0 fully saturated rings. The van der Waals surface area contributed by atoms with Crippen LogP contribution in [0.5, 0.6) is 0 Å². The molecule has 1 heterocycles. The predicted molar refractivity (Wildman–Crippen MR) is 89.2 cm³/mol. The van der Waals surface area contributed by atoms with Gasteiger partial charge in [-0.3, -0.25) is 0 Å². The van der Waals surface area contributed by atoms with Gasteiger partial charge in [-0.25, -0.2) is 4.39 Å². The Balaban J connectivity index is 2.23. The van der Waals surface area contributed by atoms with Crippen molar-refractivity contribution in [2.45, 2.75) is 26.3 Å². The van der Waals surface area contributed by atoms with Gasteiger partial charge in [-0.2, -0.15) is 4.57 Å². The van der Waals surface area contributed by atoms with Crippen molar-refractivity contribution in [1.82, 2.24) is 9.78 Å². The van der Waals surface area contributed by atoms with E-state index in [9.17, 15) is 4.39 Å². The number of aromatic nitrogens is 3. The first-order valence-corrected chi connectivity index (χ1v) is 7.77. The van der Waals surface area contributed by atoms with Gasteiger partial charge in [0.25, 0.3) is 0 Å². The fraction of sp³-hybridized carbons (Fsp3) is 0.222. The molecule has 0 N–H and O–H groups in total. The van der Waals surface area contributed by atoms with Crippen LogP contribution in [0.15, 0.2) is 54.9 Å². The molecule has 0 amide bonds. The summed E-state index contributed by atoms with van der Waals surface area (Å²) in [5.41, 5.74) is 1.49. The number of benzene rings is 2. The van der Waals surface area contributed by atoms with Crippen molar-refractivity contribution in [3.63, 3.8) is 0 Å². The molecule has 2 aromatic carbocycles. The van der Waals surface area contributed by atoms with Crippen LogP contribution >= 0.6 is 11.6 Å². The zero-order chi connectivity index (χ0) is 16.6. The number of hydrogen-bond donors (Lipinski definition) is 0. The average molecular weight is 331 g/mol. The van der Waals surface area contributed by atoms with E-state index in [1.165, 1.54) is 12.1 Å². The van der Waals surface area contributed by atoms with Gasteiger partial charge in [-0.15, -0.1) is 4.68 Å². The molecule has 118 valence electrons. The molecule has 0 spiro atoms. The Hall–Kier alpha value is -2.20. The number of nitrogens with zero attached hydrogens (tertiary/aromatic N) is 3. The van der Waals surface area contributed by atoms with E-state index in [2.05, 4.69) is 20.8 Å². The molecule has 0 radical (unpaired) electrons. The molecule has 0 saturated carbocycles. The molecule has 1 aromatic heterocycles. The van der Waals surface area contributed by atoms with Crippen LogP contribution in [-0.4, -0.2) is 9.78 Å². The third-order valence-corrected chi connectivity index (χ3v) is 3.89. The van der Waals surface area contributed by atoms with Crippen LogP contribution < -0.4 is 4.57 Å². The summed E-state index contributed by atoms with van der Waals surface area (Å²) in [5.74, 6) is 0.453. The van der Waals surface area contributed by atoms with Crippen LogP contribution in [0.1, 0.15) is 20.8 Å². The van der Waals surface area contributed by atoms with E-state index in [4.69, 9.17) is 16.7 Å². The van der Waals surface area contributed by atoms with Crippen LogP contribution in [0.4, 0.5) is 4.39 Å². The van der Waals surface area contributed by atoms with E-state index >= 15 is 0 Å². The van der Waals surface area contributed by atoms with Crippen LogP contribution in [0.2, 0.25) is 5.02 Å². The minimum Gasteiger partial charge on any atom is -0.207 e. The summed E-state index contributed by atoms with van der Waals surface area (Å²) in [5, 5.41) is 5.34. The summed E-state index contributed by atoms with van der Waals surface area (Å²) in [4.78, 5) is 0. The SMILES string of the molecule is CC(C)(C)n1c[n+](-c2ccc(F)cc2)c(-c2ccccc2Cl)n1. The predicted octanol–water partition coefficient (Wildman–Crippen LogP) is 4.37. The summed E-state index contributed by atoms with van der Waals surface area (Å²) in [6.45, 7) is 6.22. The first kappa shape index (κ1) is 15.7. The second-order valence-electron chi connectivity index (χ2n) is 6.38. The molecule has 23 heavy (non-hydrogen) atoms. The second-order valence-corrected chi connectivity index (χ2v) is 6.79. The maximum absolute atomic E-state index is 13.2. The quantitative estimate of drug-likeness (QED) is 0.639. The topological polar surface area (TPSA) is 21.7 Å². The first-order valence-electron chi connectivity index (χ1n) is 7.39. The highest BCUT2D eigenvalue weighted by Gasteiger charge is 2.28. The summed E-state index contributed by atoms with van der Waals surface area (Å²) in [6.07, 6.45) is 1.91. The molecule has 0 unspecified atom stereocenters. The lowest BCUT2D eigenvalue weighted by Gasteiger charge is -2.10. The van der Waals surface area contributed by atoms with Gasteiger partial charge in [0.1, 0.15) is 17.0 Å². The van der Waals surface area contributed by atoms with Crippen molar-refractivity contribution in [3.8, 4) is 17.1 Å². The van der Waals surface area contributed by atoms with Crippen molar-refractivity contribution in [1.29, 1.82) is 0 Å². The Bertz CT molecular complexity index is 832. The molecule has 0 aliphatic heterocycles. The van der Waals surface area contributed by atoms with Crippen LogP contribution in [-0.2, 0) is 5.54 Å². The standard InChI is InChI=1S/C18H18ClFN3/c1-18(2,3)23-12-22(14-10-8-13(20)9-11-14)17(21-23)15-6-4-5-7-16(15)19/h4-12H,1-3H3/q+1. The smallest absolute Gasteiger partial charge is 0.207 e. The van der Waals surface area contributed by atoms with Crippen molar-refractivity contribution in [3.05, 3.63) is 65.7 Å². The minimum atomic E-state index is -0.267. The van der Waals surface area contributed by atoms with E-state index in [0.29, 0.717) is 5.02 Å². The van der Waals surface area contributed by atoms with E-state index in [1.54, 1.807) is 12.1 Å². The lowest BCUT2D eigenvalue weighted by atomic mass is 10.1. The first-order chi connectivity index (χ1) is 10.9.